The summed E-state index contributed by atoms with van der Waals surface area (Å²) < 4.78 is 14.9. The molecular formula is C22H17N3O. The molecule has 1 unspecified atom stereocenters. The summed E-state index contributed by atoms with van der Waals surface area (Å²) in [6.07, 6.45) is 3.98. The number of allylic oxidation sites excluding steroid dienone is 1. The summed E-state index contributed by atoms with van der Waals surface area (Å²) in [6, 6.07) is 21.5. The van der Waals surface area contributed by atoms with Crippen LogP contribution in [-0.4, -0.2) is 10.2 Å². The van der Waals surface area contributed by atoms with Crippen molar-refractivity contribution in [2.75, 3.05) is 0 Å². The van der Waals surface area contributed by atoms with Gasteiger partial charge >= 0.3 is 0 Å². The SMILES string of the molecule is [2H]C1(c2ccccc2)C=Cc2c(C#N)nnc(OCc3ccccc3)c2C1. The molecule has 26 heavy (non-hydrogen) atoms. The Hall–Kier alpha value is -3.45. The third-order valence-electron chi connectivity index (χ3n) is 4.37. The number of aromatic nitrogens is 2. The second-order valence-corrected chi connectivity index (χ2v) is 6.03. The van der Waals surface area contributed by atoms with Gasteiger partial charge in [0.25, 0.3) is 0 Å². The molecule has 4 rings (SSSR count). The maximum Gasteiger partial charge on any atom is 0.237 e. The van der Waals surface area contributed by atoms with Gasteiger partial charge in [-0.3, -0.25) is 0 Å². The molecule has 1 heterocycles. The van der Waals surface area contributed by atoms with Crippen molar-refractivity contribution in [1.29, 1.82) is 5.26 Å². The average molecular weight is 340 g/mol. The Labute approximate surface area is 153 Å². The average Bonchev–Trinajstić information content (AvgIpc) is 2.73. The van der Waals surface area contributed by atoms with E-state index in [-0.39, 0.29) is 5.69 Å². The van der Waals surface area contributed by atoms with Crippen LogP contribution in [0.15, 0.2) is 66.7 Å². The van der Waals surface area contributed by atoms with Gasteiger partial charge in [-0.1, -0.05) is 72.8 Å². The zero-order chi connectivity index (χ0) is 18.7. The topological polar surface area (TPSA) is 58.8 Å². The first-order chi connectivity index (χ1) is 13.2. The number of hydrogen-bond donors (Lipinski definition) is 0. The first-order valence-corrected chi connectivity index (χ1v) is 8.41. The van der Waals surface area contributed by atoms with Crippen LogP contribution in [-0.2, 0) is 13.0 Å². The second-order valence-electron chi connectivity index (χ2n) is 6.03. The van der Waals surface area contributed by atoms with Crippen LogP contribution >= 0.6 is 0 Å². The van der Waals surface area contributed by atoms with Crippen LogP contribution in [0.1, 0.15) is 35.2 Å². The lowest BCUT2D eigenvalue weighted by molar-refractivity contribution is 0.286. The molecule has 4 nitrogen and oxygen atoms in total. The number of hydrogen-bond acceptors (Lipinski definition) is 4. The van der Waals surface area contributed by atoms with E-state index >= 15 is 0 Å². The molecule has 3 aromatic rings. The van der Waals surface area contributed by atoms with Gasteiger partial charge in [0.15, 0.2) is 5.69 Å². The van der Waals surface area contributed by atoms with Crippen molar-refractivity contribution in [3.8, 4) is 11.9 Å². The lowest BCUT2D eigenvalue weighted by atomic mass is 9.85. The largest absolute Gasteiger partial charge is 0.472 e. The predicted octanol–water partition coefficient (Wildman–Crippen LogP) is 4.28. The van der Waals surface area contributed by atoms with Crippen molar-refractivity contribution >= 4 is 6.08 Å². The van der Waals surface area contributed by atoms with E-state index in [4.69, 9.17) is 6.11 Å². The van der Waals surface area contributed by atoms with Crippen LogP contribution in [0.5, 0.6) is 5.88 Å². The molecule has 0 radical (unpaired) electrons. The Morgan fingerprint density at radius 2 is 1.81 bits per heavy atom. The van der Waals surface area contributed by atoms with Crippen LogP contribution in [0.4, 0.5) is 0 Å². The molecule has 0 amide bonds. The highest BCUT2D eigenvalue weighted by Gasteiger charge is 2.23. The number of benzene rings is 2. The molecule has 0 saturated carbocycles. The molecule has 0 aliphatic heterocycles. The van der Waals surface area contributed by atoms with Gasteiger partial charge in [-0.15, -0.1) is 10.2 Å². The number of ether oxygens (including phenoxy) is 1. The number of nitriles is 1. The minimum Gasteiger partial charge on any atom is -0.472 e. The first kappa shape index (κ1) is 14.9. The lowest BCUT2D eigenvalue weighted by Crippen LogP contribution is -2.12. The van der Waals surface area contributed by atoms with E-state index in [2.05, 4.69) is 16.3 Å². The van der Waals surface area contributed by atoms with Crippen molar-refractivity contribution in [3.63, 3.8) is 0 Å². The van der Waals surface area contributed by atoms with Crippen molar-refractivity contribution in [1.82, 2.24) is 10.2 Å². The van der Waals surface area contributed by atoms with Crippen LogP contribution in [0.25, 0.3) is 6.08 Å². The standard InChI is InChI=1S/C22H17N3O/c23-14-21-19-12-11-18(17-9-5-2-6-10-17)13-20(19)22(25-24-21)26-15-16-7-3-1-4-8-16/h1-12,18H,13,15H2/i18D. The predicted molar refractivity (Wildman–Crippen MR) is 99.4 cm³/mol. The van der Waals surface area contributed by atoms with E-state index in [1.807, 2.05) is 66.7 Å². The highest BCUT2D eigenvalue weighted by molar-refractivity contribution is 5.65. The molecule has 1 aliphatic rings. The number of fused-ring (bicyclic) bond motifs is 1. The molecule has 1 aromatic heterocycles. The van der Waals surface area contributed by atoms with Gasteiger partial charge in [-0.2, -0.15) is 5.26 Å². The van der Waals surface area contributed by atoms with Gasteiger partial charge in [-0.25, -0.2) is 0 Å². The van der Waals surface area contributed by atoms with Gasteiger partial charge in [0, 0.05) is 18.4 Å². The molecule has 2 aromatic carbocycles. The summed E-state index contributed by atoms with van der Waals surface area (Å²) in [5.41, 5.74) is 3.59. The Morgan fingerprint density at radius 1 is 1.08 bits per heavy atom. The van der Waals surface area contributed by atoms with Gasteiger partial charge < -0.3 is 4.74 Å². The molecule has 0 saturated heterocycles. The highest BCUT2D eigenvalue weighted by atomic mass is 16.5. The fourth-order valence-corrected chi connectivity index (χ4v) is 3.03. The monoisotopic (exact) mass is 340 g/mol. The summed E-state index contributed by atoms with van der Waals surface area (Å²) in [5.74, 6) is -0.556. The molecule has 0 bridgehead atoms. The van der Waals surface area contributed by atoms with Gasteiger partial charge in [0.2, 0.25) is 5.88 Å². The maximum absolute atomic E-state index is 9.37. The van der Waals surface area contributed by atoms with Crippen LogP contribution in [0.3, 0.4) is 0 Å². The van der Waals surface area contributed by atoms with Gasteiger partial charge in [0.05, 0.1) is 0 Å². The summed E-state index contributed by atoms with van der Waals surface area (Å²) in [6.45, 7) is 0.355. The number of nitrogens with zero attached hydrogens (tertiary/aromatic N) is 3. The Morgan fingerprint density at radius 3 is 2.54 bits per heavy atom. The molecule has 0 fully saturated rings. The van der Waals surface area contributed by atoms with E-state index in [0.717, 1.165) is 16.7 Å². The minimum atomic E-state index is -0.936. The summed E-state index contributed by atoms with van der Waals surface area (Å²) in [4.78, 5) is 0. The van der Waals surface area contributed by atoms with E-state index in [1.54, 1.807) is 6.08 Å². The fraction of sp³-hybridized carbons (Fsp3) is 0.136. The van der Waals surface area contributed by atoms with E-state index in [0.29, 0.717) is 24.5 Å². The van der Waals surface area contributed by atoms with Gasteiger partial charge in [-0.05, 0) is 17.5 Å². The maximum atomic E-state index is 9.37. The Kier molecular flexibility index (Phi) is 4.11. The van der Waals surface area contributed by atoms with Crippen molar-refractivity contribution in [2.45, 2.75) is 18.9 Å². The Bertz CT molecular complexity index is 1030. The second kappa shape index (κ2) is 7.20. The van der Waals surface area contributed by atoms with Gasteiger partial charge in [0.1, 0.15) is 12.7 Å². The van der Waals surface area contributed by atoms with E-state index < -0.39 is 5.89 Å². The quantitative estimate of drug-likeness (QED) is 0.711. The third-order valence-corrected chi connectivity index (χ3v) is 4.37. The van der Waals surface area contributed by atoms with Crippen molar-refractivity contribution < 1.29 is 6.11 Å². The molecule has 1 atom stereocenters. The van der Waals surface area contributed by atoms with Crippen molar-refractivity contribution in [3.05, 3.63) is 94.7 Å². The fourth-order valence-electron chi connectivity index (χ4n) is 3.03. The van der Waals surface area contributed by atoms with E-state index in [9.17, 15) is 5.26 Å². The number of rotatable bonds is 4. The first-order valence-electron chi connectivity index (χ1n) is 8.91. The van der Waals surface area contributed by atoms with Crippen molar-refractivity contribution in [2.24, 2.45) is 0 Å². The molecule has 0 spiro atoms. The Balaban J connectivity index is 1.71. The van der Waals surface area contributed by atoms with Crippen LogP contribution in [0.2, 0.25) is 0 Å². The van der Waals surface area contributed by atoms with Crippen LogP contribution < -0.4 is 4.74 Å². The molecule has 4 heteroatoms. The summed E-state index contributed by atoms with van der Waals surface area (Å²) in [5, 5.41) is 17.5. The zero-order valence-corrected chi connectivity index (χ0v) is 14.1. The smallest absolute Gasteiger partial charge is 0.237 e. The van der Waals surface area contributed by atoms with Crippen LogP contribution in [0, 0.1) is 11.3 Å². The molecular weight excluding hydrogens is 322 g/mol. The minimum absolute atomic E-state index is 0.253. The summed E-state index contributed by atoms with van der Waals surface area (Å²) >= 11 is 0. The lowest BCUT2D eigenvalue weighted by Gasteiger charge is -2.21. The highest BCUT2D eigenvalue weighted by Crippen LogP contribution is 2.35. The summed E-state index contributed by atoms with van der Waals surface area (Å²) in [7, 11) is 0. The molecule has 0 N–H and O–H groups in total. The third kappa shape index (κ3) is 3.20. The molecule has 126 valence electrons. The molecule has 1 aliphatic carbocycles. The normalized spacial score (nSPS) is 18.5. The zero-order valence-electron chi connectivity index (χ0n) is 15.1. The van der Waals surface area contributed by atoms with E-state index in [1.165, 1.54) is 0 Å².